The third-order valence-corrected chi connectivity index (χ3v) is 3.03. The summed E-state index contributed by atoms with van der Waals surface area (Å²) in [5.74, 6) is 0.714. The highest BCUT2D eigenvalue weighted by atomic mass is 16.5. The average Bonchev–Trinajstić information content (AvgIpc) is 2.38. The summed E-state index contributed by atoms with van der Waals surface area (Å²) in [6.07, 6.45) is 7.63. The fraction of sp³-hybridized carbons (Fsp3) is 0.667. The average molecular weight is 250 g/mol. The van der Waals surface area contributed by atoms with E-state index in [9.17, 15) is 0 Å². The summed E-state index contributed by atoms with van der Waals surface area (Å²) in [5, 5.41) is 0. The Hall–Kier alpha value is -1.09. The molecule has 0 saturated carbocycles. The maximum Gasteiger partial charge on any atom is 0.218 e. The van der Waals surface area contributed by atoms with Gasteiger partial charge in [-0.3, -0.25) is 0 Å². The third kappa shape index (κ3) is 5.50. The van der Waals surface area contributed by atoms with Crippen molar-refractivity contribution in [3.8, 4) is 5.88 Å². The normalized spacial score (nSPS) is 10.6. The van der Waals surface area contributed by atoms with E-state index in [-0.39, 0.29) is 0 Å². The molecule has 3 nitrogen and oxygen atoms in total. The van der Waals surface area contributed by atoms with E-state index in [0.29, 0.717) is 12.4 Å². The van der Waals surface area contributed by atoms with E-state index >= 15 is 0 Å². The fourth-order valence-corrected chi connectivity index (χ4v) is 1.89. The lowest BCUT2D eigenvalue weighted by atomic mass is 10.1. The van der Waals surface area contributed by atoms with E-state index in [0.717, 1.165) is 24.3 Å². The predicted molar refractivity (Wildman–Crippen MR) is 75.7 cm³/mol. The Morgan fingerprint density at radius 1 is 1.11 bits per heavy atom. The predicted octanol–water partition coefficient (Wildman–Crippen LogP) is 3.59. The lowest BCUT2D eigenvalue weighted by Crippen LogP contribution is -2.06. The molecule has 0 aromatic carbocycles. The molecule has 2 N–H and O–H groups in total. The largest absolute Gasteiger partial charge is 0.477 e. The monoisotopic (exact) mass is 250 g/mol. The third-order valence-electron chi connectivity index (χ3n) is 3.03. The van der Waals surface area contributed by atoms with Gasteiger partial charge in [0.2, 0.25) is 5.88 Å². The minimum Gasteiger partial charge on any atom is -0.477 e. The van der Waals surface area contributed by atoms with Crippen LogP contribution in [0.1, 0.15) is 56.7 Å². The van der Waals surface area contributed by atoms with Crippen LogP contribution >= 0.6 is 0 Å². The van der Waals surface area contributed by atoms with Crippen molar-refractivity contribution in [2.45, 2.75) is 58.9 Å². The van der Waals surface area contributed by atoms with Crippen LogP contribution < -0.4 is 10.5 Å². The van der Waals surface area contributed by atoms with Gasteiger partial charge in [-0.15, -0.1) is 0 Å². The summed E-state index contributed by atoms with van der Waals surface area (Å²) in [6, 6.07) is 3.97. The second-order valence-electron chi connectivity index (χ2n) is 4.74. The first-order chi connectivity index (χ1) is 8.77. The van der Waals surface area contributed by atoms with Gasteiger partial charge < -0.3 is 10.5 Å². The number of rotatable bonds is 9. The molecule has 0 saturated heterocycles. The van der Waals surface area contributed by atoms with Crippen LogP contribution in [0.3, 0.4) is 0 Å². The number of hydrogen-bond donors (Lipinski definition) is 1. The van der Waals surface area contributed by atoms with Crippen molar-refractivity contribution in [1.82, 2.24) is 4.98 Å². The van der Waals surface area contributed by atoms with Crippen LogP contribution in [0.15, 0.2) is 12.1 Å². The van der Waals surface area contributed by atoms with Gasteiger partial charge >= 0.3 is 0 Å². The van der Waals surface area contributed by atoms with Crippen LogP contribution in [0.5, 0.6) is 5.88 Å². The van der Waals surface area contributed by atoms with E-state index < -0.39 is 0 Å². The number of nitrogens with zero attached hydrogens (tertiary/aromatic N) is 1. The molecule has 1 aromatic heterocycles. The first-order valence-corrected chi connectivity index (χ1v) is 7.07. The molecular weight excluding hydrogens is 224 g/mol. The molecule has 0 fully saturated rings. The van der Waals surface area contributed by atoms with E-state index in [2.05, 4.69) is 11.9 Å². The highest BCUT2D eigenvalue weighted by Gasteiger charge is 2.04. The molecule has 0 bridgehead atoms. The molecule has 0 radical (unpaired) electrons. The lowest BCUT2D eigenvalue weighted by Gasteiger charge is -2.09. The summed E-state index contributed by atoms with van der Waals surface area (Å²) in [4.78, 5) is 4.39. The van der Waals surface area contributed by atoms with Crippen molar-refractivity contribution in [1.29, 1.82) is 0 Å². The molecule has 0 aliphatic rings. The van der Waals surface area contributed by atoms with Crippen molar-refractivity contribution < 1.29 is 4.74 Å². The van der Waals surface area contributed by atoms with Crippen molar-refractivity contribution >= 4 is 0 Å². The molecule has 0 aliphatic carbocycles. The van der Waals surface area contributed by atoms with Crippen LogP contribution in [-0.2, 0) is 6.54 Å². The number of ether oxygens (including phenoxy) is 1. The molecule has 18 heavy (non-hydrogen) atoms. The van der Waals surface area contributed by atoms with Crippen LogP contribution in [0.2, 0.25) is 0 Å². The van der Waals surface area contributed by atoms with Crippen molar-refractivity contribution in [3.63, 3.8) is 0 Å². The van der Waals surface area contributed by atoms with Gasteiger partial charge in [0.15, 0.2) is 0 Å². The van der Waals surface area contributed by atoms with Gasteiger partial charge in [-0.1, -0.05) is 45.1 Å². The Balaban J connectivity index is 2.24. The number of aryl methyl sites for hydroxylation is 1. The molecule has 1 rings (SSSR count). The van der Waals surface area contributed by atoms with Gasteiger partial charge in [0.1, 0.15) is 0 Å². The second-order valence-corrected chi connectivity index (χ2v) is 4.74. The summed E-state index contributed by atoms with van der Waals surface area (Å²) in [5.41, 5.74) is 7.64. The molecule has 0 unspecified atom stereocenters. The van der Waals surface area contributed by atoms with E-state index in [1.165, 1.54) is 32.1 Å². The number of unbranched alkanes of at least 4 members (excludes halogenated alkanes) is 5. The maximum atomic E-state index is 5.72. The summed E-state index contributed by atoms with van der Waals surface area (Å²) < 4.78 is 5.72. The van der Waals surface area contributed by atoms with Crippen LogP contribution in [-0.4, -0.2) is 11.6 Å². The molecule has 0 spiro atoms. The van der Waals surface area contributed by atoms with E-state index in [1.54, 1.807) is 0 Å². The minimum atomic E-state index is 0.485. The Morgan fingerprint density at radius 3 is 2.56 bits per heavy atom. The van der Waals surface area contributed by atoms with Gasteiger partial charge in [-0.25, -0.2) is 4.98 Å². The molecule has 1 aromatic rings. The zero-order valence-corrected chi connectivity index (χ0v) is 11.7. The standard InChI is InChI=1S/C15H26N2O/c1-3-4-5-6-7-8-11-18-15-14(12-16)10-9-13(2)17-15/h9-10H,3-8,11-12,16H2,1-2H3. The quantitative estimate of drug-likeness (QED) is 0.681. The first kappa shape index (κ1) is 15.0. The summed E-state index contributed by atoms with van der Waals surface area (Å²) >= 11 is 0. The Kier molecular flexibility index (Phi) is 7.42. The maximum absolute atomic E-state index is 5.72. The van der Waals surface area contributed by atoms with Crippen molar-refractivity contribution in [2.75, 3.05) is 6.61 Å². The smallest absolute Gasteiger partial charge is 0.218 e. The van der Waals surface area contributed by atoms with Crippen molar-refractivity contribution in [2.24, 2.45) is 5.73 Å². The SMILES string of the molecule is CCCCCCCCOc1nc(C)ccc1CN. The second kappa shape index (κ2) is 8.92. The molecule has 0 atom stereocenters. The molecule has 0 aliphatic heterocycles. The Bertz CT molecular complexity index is 339. The first-order valence-electron chi connectivity index (χ1n) is 7.07. The number of aromatic nitrogens is 1. The summed E-state index contributed by atoms with van der Waals surface area (Å²) in [7, 11) is 0. The van der Waals surface area contributed by atoms with Crippen LogP contribution in [0, 0.1) is 6.92 Å². The number of hydrogen-bond acceptors (Lipinski definition) is 3. The molecule has 0 amide bonds. The number of pyridine rings is 1. The zero-order chi connectivity index (χ0) is 13.2. The molecule has 1 heterocycles. The highest BCUT2D eigenvalue weighted by Crippen LogP contribution is 2.16. The Morgan fingerprint density at radius 2 is 1.83 bits per heavy atom. The van der Waals surface area contributed by atoms with Gasteiger partial charge in [-0.05, 0) is 19.4 Å². The lowest BCUT2D eigenvalue weighted by molar-refractivity contribution is 0.289. The van der Waals surface area contributed by atoms with Gasteiger partial charge in [0.25, 0.3) is 0 Å². The van der Waals surface area contributed by atoms with Gasteiger partial charge in [0.05, 0.1) is 6.61 Å². The van der Waals surface area contributed by atoms with E-state index in [1.807, 2.05) is 19.1 Å². The van der Waals surface area contributed by atoms with Gasteiger partial charge in [0, 0.05) is 17.8 Å². The molecular formula is C15H26N2O. The van der Waals surface area contributed by atoms with Crippen LogP contribution in [0.4, 0.5) is 0 Å². The van der Waals surface area contributed by atoms with Crippen molar-refractivity contribution in [3.05, 3.63) is 23.4 Å². The molecule has 102 valence electrons. The fourth-order valence-electron chi connectivity index (χ4n) is 1.89. The van der Waals surface area contributed by atoms with E-state index in [4.69, 9.17) is 10.5 Å². The highest BCUT2D eigenvalue weighted by molar-refractivity contribution is 5.27. The van der Waals surface area contributed by atoms with Gasteiger partial charge in [-0.2, -0.15) is 0 Å². The zero-order valence-electron chi connectivity index (χ0n) is 11.7. The summed E-state index contributed by atoms with van der Waals surface area (Å²) in [6.45, 7) is 5.44. The minimum absolute atomic E-state index is 0.485. The van der Waals surface area contributed by atoms with Crippen LogP contribution in [0.25, 0.3) is 0 Å². The Labute approximate surface area is 111 Å². The topological polar surface area (TPSA) is 48.1 Å². The number of nitrogens with two attached hydrogens (primary N) is 1. The molecule has 3 heteroatoms.